The van der Waals surface area contributed by atoms with Crippen molar-refractivity contribution in [2.75, 3.05) is 0 Å². The highest BCUT2D eigenvalue weighted by Crippen LogP contribution is 2.37. The quantitative estimate of drug-likeness (QED) is 0.631. The first-order chi connectivity index (χ1) is 9.75. The fraction of sp³-hybridized carbons (Fsp3) is 0.250. The lowest BCUT2D eigenvalue weighted by Crippen LogP contribution is -2.31. The summed E-state index contributed by atoms with van der Waals surface area (Å²) in [4.78, 5) is 0. The van der Waals surface area contributed by atoms with Gasteiger partial charge >= 0.3 is 6.18 Å². The van der Waals surface area contributed by atoms with Crippen LogP contribution >= 0.6 is 27.5 Å². The first-order valence-corrected chi connectivity index (χ1v) is 6.93. The molecule has 1 heterocycles. The van der Waals surface area contributed by atoms with Gasteiger partial charge in [0.15, 0.2) is 0 Å². The number of hydrogen-bond donors (Lipinski definition) is 2. The molecule has 1 unspecified atom stereocenters. The molecule has 1 atom stereocenters. The average Bonchev–Trinajstić information content (AvgIpc) is 2.72. The average molecular weight is 384 g/mol. The molecule has 0 amide bonds. The van der Waals surface area contributed by atoms with Crippen LogP contribution in [-0.4, -0.2) is 9.78 Å². The Morgan fingerprint density at radius 3 is 2.57 bits per heavy atom. The summed E-state index contributed by atoms with van der Waals surface area (Å²) < 4.78 is 40.3. The summed E-state index contributed by atoms with van der Waals surface area (Å²) in [5.41, 5.74) is 2.51. The Hall–Kier alpha value is -1.09. The van der Waals surface area contributed by atoms with Gasteiger partial charge in [0, 0.05) is 11.5 Å². The summed E-state index contributed by atoms with van der Waals surface area (Å²) in [5.74, 6) is 5.49. The normalized spacial score (nSPS) is 13.5. The van der Waals surface area contributed by atoms with Gasteiger partial charge in [-0.3, -0.25) is 10.5 Å². The fourth-order valence-corrected chi connectivity index (χ4v) is 2.76. The number of nitrogens with zero attached hydrogens (tertiary/aromatic N) is 2. The molecule has 3 N–H and O–H groups in total. The van der Waals surface area contributed by atoms with Crippen LogP contribution in [0.25, 0.3) is 0 Å². The van der Waals surface area contributed by atoms with E-state index >= 15 is 0 Å². The predicted octanol–water partition coefficient (Wildman–Crippen LogP) is 3.41. The highest BCUT2D eigenvalue weighted by atomic mass is 79.9. The molecule has 1 aromatic carbocycles. The first-order valence-electron chi connectivity index (χ1n) is 5.76. The minimum Gasteiger partial charge on any atom is -0.271 e. The van der Waals surface area contributed by atoms with Crippen molar-refractivity contribution in [1.82, 2.24) is 15.2 Å². The van der Waals surface area contributed by atoms with Crippen LogP contribution in [-0.2, 0) is 13.2 Å². The van der Waals surface area contributed by atoms with Gasteiger partial charge < -0.3 is 0 Å². The highest BCUT2D eigenvalue weighted by Gasteiger charge is 2.34. The lowest BCUT2D eigenvalue weighted by molar-refractivity contribution is -0.138. The molecule has 21 heavy (non-hydrogen) atoms. The van der Waals surface area contributed by atoms with E-state index < -0.39 is 17.8 Å². The van der Waals surface area contributed by atoms with Gasteiger partial charge in [-0.2, -0.15) is 18.3 Å². The van der Waals surface area contributed by atoms with Crippen LogP contribution in [0.2, 0.25) is 5.02 Å². The Kier molecular flexibility index (Phi) is 4.62. The van der Waals surface area contributed by atoms with Crippen molar-refractivity contribution in [3.63, 3.8) is 0 Å². The third-order valence-electron chi connectivity index (χ3n) is 3.01. The van der Waals surface area contributed by atoms with Crippen molar-refractivity contribution >= 4 is 27.5 Å². The van der Waals surface area contributed by atoms with E-state index in [4.69, 9.17) is 17.4 Å². The summed E-state index contributed by atoms with van der Waals surface area (Å²) in [5, 5.41) is 4.27. The van der Waals surface area contributed by atoms with Crippen molar-refractivity contribution in [2.24, 2.45) is 12.9 Å². The third kappa shape index (κ3) is 3.23. The zero-order valence-electron chi connectivity index (χ0n) is 10.7. The summed E-state index contributed by atoms with van der Waals surface area (Å²) in [6.45, 7) is 0. The van der Waals surface area contributed by atoms with Gasteiger partial charge in [0.1, 0.15) is 0 Å². The van der Waals surface area contributed by atoms with Gasteiger partial charge in [0.2, 0.25) is 0 Å². The maximum Gasteiger partial charge on any atom is 0.417 e. The molecular formula is C12H11BrClF3N4. The number of aromatic nitrogens is 2. The number of nitrogens with two attached hydrogens (primary N) is 1. The number of aryl methyl sites for hydroxylation is 1. The maximum absolute atomic E-state index is 13.0. The van der Waals surface area contributed by atoms with Gasteiger partial charge in [-0.15, -0.1) is 0 Å². The standard InChI is InChI=1S/C12H11BrClF3N4/c1-21-11(9(14)5-19-21)10(20-18)6-2-3-8(13)7(4-6)12(15,16)17/h2-5,10,20H,18H2,1H3. The molecule has 114 valence electrons. The molecule has 9 heteroatoms. The molecule has 0 saturated carbocycles. The molecule has 0 aliphatic carbocycles. The highest BCUT2D eigenvalue weighted by molar-refractivity contribution is 9.10. The van der Waals surface area contributed by atoms with E-state index in [-0.39, 0.29) is 4.47 Å². The molecule has 0 fully saturated rings. The van der Waals surface area contributed by atoms with Crippen molar-refractivity contribution in [2.45, 2.75) is 12.2 Å². The molecule has 0 radical (unpaired) electrons. The Morgan fingerprint density at radius 2 is 2.10 bits per heavy atom. The van der Waals surface area contributed by atoms with Gasteiger partial charge in [-0.05, 0) is 17.7 Å². The lowest BCUT2D eigenvalue weighted by atomic mass is 10.0. The lowest BCUT2D eigenvalue weighted by Gasteiger charge is -2.19. The molecule has 2 aromatic rings. The largest absolute Gasteiger partial charge is 0.417 e. The molecule has 1 aromatic heterocycles. The maximum atomic E-state index is 13.0. The Bertz CT molecular complexity index is 637. The number of hydrogen-bond acceptors (Lipinski definition) is 3. The zero-order chi connectivity index (χ0) is 15.8. The van der Waals surface area contributed by atoms with Gasteiger partial charge in [0.05, 0.1) is 28.5 Å². The van der Waals surface area contributed by atoms with Crippen LogP contribution < -0.4 is 11.3 Å². The molecule has 0 saturated heterocycles. The van der Waals surface area contributed by atoms with E-state index in [1.807, 2.05) is 0 Å². The predicted molar refractivity (Wildman–Crippen MR) is 76.5 cm³/mol. The molecule has 0 bridgehead atoms. The molecule has 0 aliphatic heterocycles. The topological polar surface area (TPSA) is 55.9 Å². The number of hydrazine groups is 1. The third-order valence-corrected chi connectivity index (χ3v) is 3.99. The van der Waals surface area contributed by atoms with E-state index in [9.17, 15) is 13.2 Å². The SMILES string of the molecule is Cn1ncc(Cl)c1C(NN)c1ccc(Br)c(C(F)(F)F)c1. The van der Waals surface area contributed by atoms with E-state index in [1.165, 1.54) is 23.0 Å². The molecule has 0 aliphatic rings. The Morgan fingerprint density at radius 1 is 1.43 bits per heavy atom. The van der Waals surface area contributed by atoms with Crippen LogP contribution in [0, 0.1) is 0 Å². The number of alkyl halides is 3. The monoisotopic (exact) mass is 382 g/mol. The Labute approximate surface area is 132 Å². The summed E-state index contributed by atoms with van der Waals surface area (Å²) >= 11 is 8.92. The number of halogens is 5. The first kappa shape index (κ1) is 16.3. The second kappa shape index (κ2) is 5.96. The number of nitrogens with one attached hydrogen (secondary N) is 1. The van der Waals surface area contributed by atoms with Gasteiger partial charge in [0.25, 0.3) is 0 Å². The summed E-state index contributed by atoms with van der Waals surface area (Å²) in [6, 6.07) is 3.18. The minimum absolute atomic E-state index is 0.0365. The zero-order valence-corrected chi connectivity index (χ0v) is 13.1. The minimum atomic E-state index is -4.47. The molecule has 2 rings (SSSR count). The van der Waals surface area contributed by atoms with Crippen molar-refractivity contribution in [1.29, 1.82) is 0 Å². The Balaban J connectivity index is 2.54. The second-order valence-electron chi connectivity index (χ2n) is 4.34. The molecule has 0 spiro atoms. The second-order valence-corrected chi connectivity index (χ2v) is 5.60. The van der Waals surface area contributed by atoms with Crippen LogP contribution in [0.1, 0.15) is 22.9 Å². The van der Waals surface area contributed by atoms with Crippen molar-refractivity contribution < 1.29 is 13.2 Å². The molecular weight excluding hydrogens is 373 g/mol. The smallest absolute Gasteiger partial charge is 0.271 e. The van der Waals surface area contributed by atoms with Crippen molar-refractivity contribution in [3.8, 4) is 0 Å². The fourth-order valence-electron chi connectivity index (χ4n) is 2.02. The summed E-state index contributed by atoms with van der Waals surface area (Å²) in [6.07, 6.45) is -3.06. The number of benzene rings is 1. The van der Waals surface area contributed by atoms with Crippen molar-refractivity contribution in [3.05, 3.63) is 50.7 Å². The molecule has 4 nitrogen and oxygen atoms in total. The van der Waals surface area contributed by atoms with Crippen LogP contribution in [0.15, 0.2) is 28.9 Å². The summed E-state index contributed by atoms with van der Waals surface area (Å²) in [7, 11) is 1.63. The van der Waals surface area contributed by atoms with Crippen LogP contribution in [0.3, 0.4) is 0 Å². The van der Waals surface area contributed by atoms with Crippen LogP contribution in [0.5, 0.6) is 0 Å². The van der Waals surface area contributed by atoms with Crippen LogP contribution in [0.4, 0.5) is 13.2 Å². The van der Waals surface area contributed by atoms with E-state index in [0.717, 1.165) is 6.07 Å². The van der Waals surface area contributed by atoms with Gasteiger partial charge in [-0.1, -0.05) is 33.6 Å². The van der Waals surface area contributed by atoms with E-state index in [1.54, 1.807) is 7.05 Å². The van der Waals surface area contributed by atoms with E-state index in [2.05, 4.69) is 26.5 Å². The van der Waals surface area contributed by atoms with E-state index in [0.29, 0.717) is 16.3 Å². The number of rotatable bonds is 3. The van der Waals surface area contributed by atoms with Gasteiger partial charge in [-0.25, -0.2) is 5.43 Å².